The normalized spacial score (nSPS) is 11.4. The molecule has 0 fully saturated rings. The molecular weight excluding hydrogens is 470 g/mol. The van der Waals surface area contributed by atoms with Crippen molar-refractivity contribution in [3.63, 3.8) is 0 Å². The van der Waals surface area contributed by atoms with Gasteiger partial charge in [-0.3, -0.25) is 0 Å². The number of carbonyl (C=O) groups is 2. The second-order valence-electron chi connectivity index (χ2n) is 7.29. The summed E-state index contributed by atoms with van der Waals surface area (Å²) in [6.07, 6.45) is 6.79. The van der Waals surface area contributed by atoms with Gasteiger partial charge in [0.05, 0.1) is 0 Å². The average molecular weight is 504 g/mol. The van der Waals surface area contributed by atoms with E-state index in [0.717, 1.165) is 42.2 Å². The Balaban J connectivity index is 3.57. The Labute approximate surface area is 172 Å². The van der Waals surface area contributed by atoms with Crippen molar-refractivity contribution in [1.29, 1.82) is 0 Å². The average Bonchev–Trinajstić information content (AvgIpc) is 2.62. The van der Waals surface area contributed by atoms with Gasteiger partial charge in [-0.1, -0.05) is 0 Å². The molecule has 0 atom stereocenters. The molecule has 0 spiro atoms. The molecule has 0 unspecified atom stereocenters. The van der Waals surface area contributed by atoms with E-state index >= 15 is 0 Å². The number of carbonyl (C=O) groups excluding carboxylic acids is 1. The number of nitrogens with one attached hydrogen (secondary N) is 1. The number of aromatic carboxylic acids is 1. The second kappa shape index (κ2) is 11.9. The number of rotatable bonds is 12. The number of nitrogens with zero attached hydrogens (tertiary/aromatic N) is 1. The summed E-state index contributed by atoms with van der Waals surface area (Å²) in [5.41, 5.74) is 0.251. The van der Waals surface area contributed by atoms with Crippen LogP contribution in [0.3, 0.4) is 0 Å². The molecule has 2 N–H and O–H groups in total. The summed E-state index contributed by atoms with van der Waals surface area (Å²) in [6, 6.07) is 1.88. The fraction of sp³-hybridized carbons (Fsp3) is 0.650. The molecule has 0 bridgehead atoms. The summed E-state index contributed by atoms with van der Waals surface area (Å²) in [4.78, 5) is 27.9. The van der Waals surface area contributed by atoms with E-state index in [0.29, 0.717) is 5.69 Å². The molecule has 1 aromatic rings. The molecule has 7 heteroatoms. The number of aromatic nitrogens is 1. The van der Waals surface area contributed by atoms with E-state index in [2.05, 4.69) is 31.1 Å². The van der Waals surface area contributed by atoms with Crippen molar-refractivity contribution in [3.05, 3.63) is 16.8 Å². The Hall–Kier alpha value is -0.821. The quantitative estimate of drug-likeness (QED) is 0.372. The first-order valence-corrected chi connectivity index (χ1v) is 17.9. The summed E-state index contributed by atoms with van der Waals surface area (Å²) >= 11 is 3.32. The molecule has 0 aromatic carbocycles. The summed E-state index contributed by atoms with van der Waals surface area (Å²) in [6.45, 7) is 7.98. The number of amides is 1. The van der Waals surface area contributed by atoms with Crippen LogP contribution in [0.4, 0.5) is 5.69 Å². The van der Waals surface area contributed by atoms with Crippen LogP contribution in [0, 0.1) is 0 Å². The van der Waals surface area contributed by atoms with Crippen molar-refractivity contribution in [1.82, 2.24) is 4.98 Å². The molecule has 1 aromatic heterocycles. The number of pyridine rings is 1. The van der Waals surface area contributed by atoms with Crippen LogP contribution >= 0.6 is 11.6 Å². The van der Waals surface area contributed by atoms with Crippen LogP contribution in [-0.2, 0) is 4.79 Å². The van der Waals surface area contributed by atoms with Crippen LogP contribution in [0.15, 0.2) is 6.07 Å². The van der Waals surface area contributed by atoms with Gasteiger partial charge in [-0.2, -0.15) is 0 Å². The van der Waals surface area contributed by atoms with Gasteiger partial charge in [0.1, 0.15) is 0 Å². The number of hydrogen-bond donors (Lipinski definition) is 2. The third kappa shape index (κ3) is 6.93. The van der Waals surface area contributed by atoms with E-state index in [1.807, 2.05) is 6.07 Å². The Bertz CT molecular complexity index is 631. The molecule has 0 aliphatic heterocycles. The molecule has 0 saturated carbocycles. The van der Waals surface area contributed by atoms with Gasteiger partial charge in [0.15, 0.2) is 0 Å². The summed E-state index contributed by atoms with van der Waals surface area (Å²) in [5, 5.41) is 12.3. The van der Waals surface area contributed by atoms with Gasteiger partial charge in [-0.15, -0.1) is 0 Å². The standard InChI is InChI=1S/C8H6ClN2O3.3C4H9.Sn/c1-4(12)11-5-2-3-10-7(6(5)9)8(13)14;3*1-3-4-2;/h2H,1H3,(H,13,14)(H,10,11,12);3*1,3-4H2,2H3;. The first kappa shape index (κ1) is 24.2. The van der Waals surface area contributed by atoms with Gasteiger partial charge in [-0.05, 0) is 0 Å². The van der Waals surface area contributed by atoms with Gasteiger partial charge >= 0.3 is 173 Å². The van der Waals surface area contributed by atoms with Crippen LogP contribution < -0.4 is 9.03 Å². The van der Waals surface area contributed by atoms with Crippen LogP contribution in [0.25, 0.3) is 0 Å². The van der Waals surface area contributed by atoms with Crippen molar-refractivity contribution < 1.29 is 14.7 Å². The van der Waals surface area contributed by atoms with Gasteiger partial charge in [0.25, 0.3) is 0 Å². The summed E-state index contributed by atoms with van der Waals surface area (Å²) in [7, 11) is 0. The Morgan fingerprint density at radius 2 is 1.56 bits per heavy atom. The Morgan fingerprint density at radius 3 is 1.93 bits per heavy atom. The molecule has 1 rings (SSSR count). The minimum absolute atomic E-state index is 0.0168. The summed E-state index contributed by atoms with van der Waals surface area (Å²) < 4.78 is 4.44. The van der Waals surface area contributed by atoms with Crippen molar-refractivity contribution in [3.8, 4) is 0 Å². The first-order chi connectivity index (χ1) is 12.8. The van der Waals surface area contributed by atoms with Gasteiger partial charge < -0.3 is 0 Å². The molecule has 152 valence electrons. The fourth-order valence-corrected chi connectivity index (χ4v) is 19.2. The van der Waals surface area contributed by atoms with Crippen LogP contribution in [0.5, 0.6) is 0 Å². The van der Waals surface area contributed by atoms with E-state index in [1.165, 1.54) is 20.2 Å². The zero-order valence-corrected chi connectivity index (χ0v) is 20.6. The van der Waals surface area contributed by atoms with E-state index in [9.17, 15) is 14.7 Å². The maximum absolute atomic E-state index is 11.7. The molecule has 1 heterocycles. The molecule has 5 nitrogen and oxygen atoms in total. The van der Waals surface area contributed by atoms with E-state index in [4.69, 9.17) is 11.6 Å². The first-order valence-electron chi connectivity index (χ1n) is 10.0. The molecule has 0 radical (unpaired) electrons. The zero-order valence-electron chi connectivity index (χ0n) is 17.0. The van der Waals surface area contributed by atoms with Crippen LogP contribution in [0.2, 0.25) is 18.3 Å². The second-order valence-corrected chi connectivity index (χ2v) is 20.7. The number of halogens is 1. The SMILES string of the molecule is CCC[CH2][Sn]([CH2]CCC)([CH2]CCC)[c]1cc(NC(C)=O)c(Cl)c(C(=O)O)n1. The third-order valence-electron chi connectivity index (χ3n) is 5.04. The van der Waals surface area contributed by atoms with Crippen molar-refractivity contribution in [2.75, 3.05) is 5.32 Å². The van der Waals surface area contributed by atoms with Crippen LogP contribution in [-0.4, -0.2) is 40.3 Å². The number of hydrogen-bond acceptors (Lipinski definition) is 3. The Morgan fingerprint density at radius 1 is 1.07 bits per heavy atom. The third-order valence-corrected chi connectivity index (χ3v) is 20.5. The Kier molecular flexibility index (Phi) is 10.7. The predicted molar refractivity (Wildman–Crippen MR) is 115 cm³/mol. The van der Waals surface area contributed by atoms with E-state index in [-0.39, 0.29) is 16.6 Å². The van der Waals surface area contributed by atoms with E-state index in [1.54, 1.807) is 0 Å². The molecule has 27 heavy (non-hydrogen) atoms. The molecule has 0 aliphatic rings. The monoisotopic (exact) mass is 504 g/mol. The molecule has 1 amide bonds. The molecule has 0 aliphatic carbocycles. The minimum atomic E-state index is -2.93. The molecule has 0 saturated heterocycles. The number of carboxylic acids is 1. The van der Waals surface area contributed by atoms with Crippen molar-refractivity contribution in [2.45, 2.75) is 79.5 Å². The van der Waals surface area contributed by atoms with Gasteiger partial charge in [0.2, 0.25) is 0 Å². The van der Waals surface area contributed by atoms with Crippen LogP contribution in [0.1, 0.15) is 76.7 Å². The number of anilines is 1. The fourth-order valence-electron chi connectivity index (χ4n) is 3.53. The molecular formula is C20H33ClN2O3Sn. The zero-order chi connectivity index (χ0) is 20.4. The van der Waals surface area contributed by atoms with Crippen molar-refractivity contribution >= 4 is 51.3 Å². The van der Waals surface area contributed by atoms with Crippen molar-refractivity contribution in [2.24, 2.45) is 0 Å². The van der Waals surface area contributed by atoms with Gasteiger partial charge in [-0.25, -0.2) is 0 Å². The topological polar surface area (TPSA) is 79.3 Å². The predicted octanol–water partition coefficient (Wildman–Crippen LogP) is 5.45. The number of unbranched alkanes of at least 4 members (excludes halogenated alkanes) is 3. The summed E-state index contributed by atoms with van der Waals surface area (Å²) in [5.74, 6) is -1.41. The number of carboxylic acid groups (broad SMARTS) is 1. The maximum atomic E-state index is 11.7. The van der Waals surface area contributed by atoms with E-state index < -0.39 is 24.3 Å². The van der Waals surface area contributed by atoms with Gasteiger partial charge in [0, 0.05) is 0 Å².